The summed E-state index contributed by atoms with van der Waals surface area (Å²) in [5, 5.41) is 3.64. The number of nitrogens with one attached hydrogen (secondary N) is 1. The normalized spacial score (nSPS) is 10.8. The van der Waals surface area contributed by atoms with Crippen LogP contribution in [0.2, 0.25) is 10.0 Å². The molecule has 8 heteroatoms. The Bertz CT molecular complexity index is 653. The highest BCUT2D eigenvalue weighted by Crippen LogP contribution is 2.28. The lowest BCUT2D eigenvalue weighted by molar-refractivity contribution is 0.217. The molecule has 20 heavy (non-hydrogen) atoms. The second-order valence-electron chi connectivity index (χ2n) is 4.50. The molecule has 0 aliphatic carbocycles. The van der Waals surface area contributed by atoms with Crippen molar-refractivity contribution in [1.29, 1.82) is 0 Å². The number of fused-ring (bicyclic) bond motifs is 1. The number of hydrogen-bond acceptors (Lipinski definition) is 3. The summed E-state index contributed by atoms with van der Waals surface area (Å²) in [6, 6.07) is 3.23. The van der Waals surface area contributed by atoms with Crippen LogP contribution in [0.3, 0.4) is 0 Å². The van der Waals surface area contributed by atoms with Crippen LogP contribution < -0.4 is 11.1 Å². The van der Waals surface area contributed by atoms with Gasteiger partial charge in [0.05, 0.1) is 21.1 Å². The Hall–Kier alpha value is -1.66. The van der Waals surface area contributed by atoms with E-state index in [1.165, 1.54) is 4.90 Å². The van der Waals surface area contributed by atoms with Crippen LogP contribution in [0.1, 0.15) is 0 Å². The summed E-state index contributed by atoms with van der Waals surface area (Å²) in [6.07, 6.45) is 0. The summed E-state index contributed by atoms with van der Waals surface area (Å²) in [5.74, 6) is 0.359. The minimum Gasteiger partial charge on any atom is -0.369 e. The average Bonchev–Trinajstić information content (AvgIpc) is 2.66. The predicted octanol–water partition coefficient (Wildman–Crippen LogP) is 2.20. The highest BCUT2D eigenvalue weighted by atomic mass is 35.5. The molecule has 0 saturated carbocycles. The van der Waals surface area contributed by atoms with Gasteiger partial charge in [0.1, 0.15) is 0 Å². The molecule has 0 radical (unpaired) electrons. The van der Waals surface area contributed by atoms with E-state index < -0.39 is 0 Å². The van der Waals surface area contributed by atoms with Crippen molar-refractivity contribution in [2.45, 2.75) is 6.54 Å². The fourth-order valence-corrected chi connectivity index (χ4v) is 2.12. The van der Waals surface area contributed by atoms with Gasteiger partial charge < -0.3 is 20.5 Å². The second-order valence-corrected chi connectivity index (χ2v) is 5.32. The van der Waals surface area contributed by atoms with Gasteiger partial charge in [-0.15, -0.1) is 0 Å². The van der Waals surface area contributed by atoms with Gasteiger partial charge in [-0.3, -0.25) is 0 Å². The van der Waals surface area contributed by atoms with E-state index in [4.69, 9.17) is 28.9 Å². The number of urea groups is 1. The maximum atomic E-state index is 11.4. The number of imidazole rings is 1. The van der Waals surface area contributed by atoms with Gasteiger partial charge in [-0.1, -0.05) is 23.2 Å². The molecule has 1 aromatic carbocycles. The first kappa shape index (κ1) is 14.7. The van der Waals surface area contributed by atoms with Crippen molar-refractivity contribution < 1.29 is 4.79 Å². The third kappa shape index (κ3) is 2.91. The van der Waals surface area contributed by atoms with E-state index in [2.05, 4.69) is 10.3 Å². The van der Waals surface area contributed by atoms with Crippen molar-refractivity contribution in [1.82, 2.24) is 19.8 Å². The lowest BCUT2D eigenvalue weighted by Crippen LogP contribution is -2.36. The van der Waals surface area contributed by atoms with Crippen LogP contribution in [-0.4, -0.2) is 41.1 Å². The van der Waals surface area contributed by atoms with Crippen molar-refractivity contribution in [3.05, 3.63) is 22.2 Å². The zero-order valence-electron chi connectivity index (χ0n) is 11.2. The molecule has 6 nitrogen and oxygen atoms in total. The van der Waals surface area contributed by atoms with Crippen LogP contribution in [0.25, 0.3) is 11.0 Å². The van der Waals surface area contributed by atoms with Crippen LogP contribution in [0.5, 0.6) is 0 Å². The van der Waals surface area contributed by atoms with E-state index in [1.54, 1.807) is 30.8 Å². The third-order valence-electron chi connectivity index (χ3n) is 2.84. The Morgan fingerprint density at radius 1 is 1.40 bits per heavy atom. The van der Waals surface area contributed by atoms with Gasteiger partial charge in [-0.2, -0.15) is 0 Å². The number of rotatable bonds is 3. The lowest BCUT2D eigenvalue weighted by atomic mass is 10.3. The number of nitrogen functional groups attached to an aromatic ring is 1. The minimum absolute atomic E-state index is 0.158. The Morgan fingerprint density at radius 3 is 2.70 bits per heavy atom. The standard InChI is InChI=1S/C12H15Cl2N5O/c1-18(2)12(20)16-3-4-19-10-6-8(14)7(13)5-9(10)17-11(19)15/h5-6H,3-4H2,1-2H3,(H2,15,17)(H,16,20). The molecule has 0 atom stereocenters. The summed E-state index contributed by atoms with van der Waals surface area (Å²) in [4.78, 5) is 17.1. The van der Waals surface area contributed by atoms with E-state index >= 15 is 0 Å². The Morgan fingerprint density at radius 2 is 2.05 bits per heavy atom. The molecule has 0 aliphatic heterocycles. The smallest absolute Gasteiger partial charge is 0.316 e. The van der Waals surface area contributed by atoms with Crippen molar-refractivity contribution in [2.75, 3.05) is 26.4 Å². The van der Waals surface area contributed by atoms with E-state index in [1.807, 2.05) is 0 Å². The monoisotopic (exact) mass is 315 g/mol. The zero-order valence-corrected chi connectivity index (χ0v) is 12.7. The lowest BCUT2D eigenvalue weighted by Gasteiger charge is -2.13. The number of halogens is 2. The molecule has 2 amide bonds. The third-order valence-corrected chi connectivity index (χ3v) is 3.56. The SMILES string of the molecule is CN(C)C(=O)NCCn1c(N)nc2cc(Cl)c(Cl)cc21. The number of carbonyl (C=O) groups excluding carboxylic acids is 1. The topological polar surface area (TPSA) is 76.2 Å². The summed E-state index contributed by atoms with van der Waals surface area (Å²) in [6.45, 7) is 0.937. The van der Waals surface area contributed by atoms with Crippen LogP contribution in [0, 0.1) is 0 Å². The average molecular weight is 316 g/mol. The minimum atomic E-state index is -0.158. The molecular weight excluding hydrogens is 301 g/mol. The zero-order chi connectivity index (χ0) is 14.9. The van der Waals surface area contributed by atoms with Crippen LogP contribution in [-0.2, 0) is 6.54 Å². The van der Waals surface area contributed by atoms with Crippen LogP contribution >= 0.6 is 23.2 Å². The first-order chi connectivity index (χ1) is 9.40. The van der Waals surface area contributed by atoms with Crippen molar-refractivity contribution in [3.8, 4) is 0 Å². The molecule has 0 spiro atoms. The number of aromatic nitrogens is 2. The van der Waals surface area contributed by atoms with Gasteiger partial charge in [0.2, 0.25) is 5.95 Å². The highest BCUT2D eigenvalue weighted by molar-refractivity contribution is 6.42. The number of amides is 2. The van der Waals surface area contributed by atoms with Gasteiger partial charge >= 0.3 is 6.03 Å². The maximum absolute atomic E-state index is 11.4. The van der Waals surface area contributed by atoms with Gasteiger partial charge in [-0.05, 0) is 12.1 Å². The molecular formula is C12H15Cl2N5O. The largest absolute Gasteiger partial charge is 0.369 e. The van der Waals surface area contributed by atoms with Crippen LogP contribution in [0.15, 0.2) is 12.1 Å². The van der Waals surface area contributed by atoms with Gasteiger partial charge in [0, 0.05) is 27.2 Å². The number of nitrogens with two attached hydrogens (primary N) is 1. The first-order valence-electron chi connectivity index (χ1n) is 5.96. The highest BCUT2D eigenvalue weighted by Gasteiger charge is 2.11. The molecule has 108 valence electrons. The van der Waals surface area contributed by atoms with Crippen molar-refractivity contribution in [3.63, 3.8) is 0 Å². The van der Waals surface area contributed by atoms with Crippen molar-refractivity contribution in [2.24, 2.45) is 0 Å². The molecule has 1 aromatic heterocycles. The van der Waals surface area contributed by atoms with Gasteiger partial charge in [0.15, 0.2) is 0 Å². The Labute approximate surface area is 126 Å². The summed E-state index contributed by atoms with van der Waals surface area (Å²) in [5.41, 5.74) is 7.34. The number of anilines is 1. The first-order valence-corrected chi connectivity index (χ1v) is 6.71. The molecule has 0 saturated heterocycles. The maximum Gasteiger partial charge on any atom is 0.316 e. The predicted molar refractivity (Wildman–Crippen MR) is 81.3 cm³/mol. The van der Waals surface area contributed by atoms with E-state index in [9.17, 15) is 4.79 Å². The molecule has 0 unspecified atom stereocenters. The molecule has 1 heterocycles. The molecule has 2 rings (SSSR count). The second kappa shape index (κ2) is 5.76. The summed E-state index contributed by atoms with van der Waals surface area (Å²) < 4.78 is 1.79. The Kier molecular flexibility index (Phi) is 4.25. The fraction of sp³-hybridized carbons (Fsp3) is 0.333. The number of nitrogens with zero attached hydrogens (tertiary/aromatic N) is 3. The molecule has 0 aliphatic rings. The molecule has 0 bridgehead atoms. The Balaban J connectivity index is 2.19. The number of carbonyl (C=O) groups is 1. The number of benzene rings is 1. The van der Waals surface area contributed by atoms with Gasteiger partial charge in [-0.25, -0.2) is 9.78 Å². The van der Waals surface area contributed by atoms with E-state index in [0.29, 0.717) is 34.6 Å². The fourth-order valence-electron chi connectivity index (χ4n) is 1.81. The summed E-state index contributed by atoms with van der Waals surface area (Å²) in [7, 11) is 3.36. The molecule has 0 fully saturated rings. The van der Waals surface area contributed by atoms with E-state index in [0.717, 1.165) is 5.52 Å². The summed E-state index contributed by atoms with van der Waals surface area (Å²) >= 11 is 12.0. The van der Waals surface area contributed by atoms with Crippen molar-refractivity contribution >= 4 is 46.2 Å². The van der Waals surface area contributed by atoms with E-state index in [-0.39, 0.29) is 6.03 Å². The van der Waals surface area contributed by atoms with Crippen LogP contribution in [0.4, 0.5) is 10.7 Å². The number of hydrogen-bond donors (Lipinski definition) is 2. The molecule has 2 aromatic rings. The van der Waals surface area contributed by atoms with Gasteiger partial charge in [0.25, 0.3) is 0 Å². The quantitative estimate of drug-likeness (QED) is 0.911. The molecule has 3 N–H and O–H groups in total.